The molecule has 0 spiro atoms. The zero-order valence-corrected chi connectivity index (χ0v) is 9.46. The molecule has 1 rings (SSSR count). The molecule has 1 heterocycles. The second-order valence-corrected chi connectivity index (χ2v) is 4.24. The predicted molar refractivity (Wildman–Crippen MR) is 55.6 cm³/mol. The van der Waals surface area contributed by atoms with Crippen LogP contribution in [0.25, 0.3) is 0 Å². The van der Waals surface area contributed by atoms with Gasteiger partial charge in [0, 0.05) is 5.41 Å². The van der Waals surface area contributed by atoms with Crippen LogP contribution in [-0.4, -0.2) is 17.7 Å². The quantitative estimate of drug-likeness (QED) is 0.755. The van der Waals surface area contributed by atoms with Crippen molar-refractivity contribution >= 4 is 11.8 Å². The number of carbonyl (C=O) groups is 1. The Morgan fingerprint density at radius 3 is 2.60 bits per heavy atom. The predicted octanol–water partition coefficient (Wildman–Crippen LogP) is 1.73. The smallest absolute Gasteiger partial charge is 0.345 e. The van der Waals surface area contributed by atoms with E-state index >= 15 is 0 Å². The monoisotopic (exact) mass is 212 g/mol. The van der Waals surface area contributed by atoms with Gasteiger partial charge in [0.15, 0.2) is 11.6 Å². The van der Waals surface area contributed by atoms with E-state index in [0.29, 0.717) is 12.4 Å². The summed E-state index contributed by atoms with van der Waals surface area (Å²) in [5.41, 5.74) is 5.48. The number of esters is 1. The minimum absolute atomic E-state index is 0.0818. The summed E-state index contributed by atoms with van der Waals surface area (Å²) >= 11 is 0. The zero-order valence-electron chi connectivity index (χ0n) is 9.46. The summed E-state index contributed by atoms with van der Waals surface area (Å²) in [7, 11) is 0. The van der Waals surface area contributed by atoms with Gasteiger partial charge >= 0.3 is 5.97 Å². The highest BCUT2D eigenvalue weighted by atomic mass is 16.5. The molecule has 0 aromatic carbocycles. The summed E-state index contributed by atoms with van der Waals surface area (Å²) in [5.74, 6) is 0.0537. The molecule has 0 saturated carbocycles. The van der Waals surface area contributed by atoms with Gasteiger partial charge in [0.05, 0.1) is 6.61 Å². The van der Waals surface area contributed by atoms with Crippen LogP contribution in [0.3, 0.4) is 0 Å². The molecule has 0 atom stereocenters. The second kappa shape index (κ2) is 3.92. The van der Waals surface area contributed by atoms with Crippen molar-refractivity contribution in [2.45, 2.75) is 33.1 Å². The Morgan fingerprint density at radius 2 is 2.13 bits per heavy atom. The van der Waals surface area contributed by atoms with Crippen molar-refractivity contribution in [3.05, 3.63) is 11.3 Å². The molecule has 0 unspecified atom stereocenters. The van der Waals surface area contributed by atoms with Crippen molar-refractivity contribution in [3.8, 4) is 0 Å². The summed E-state index contributed by atoms with van der Waals surface area (Å²) < 4.78 is 9.94. The molecule has 84 valence electrons. The number of aromatic nitrogens is 1. The highest BCUT2D eigenvalue weighted by molar-refractivity contribution is 5.95. The number of carbonyl (C=O) groups excluding carboxylic acids is 1. The van der Waals surface area contributed by atoms with Gasteiger partial charge in [-0.15, -0.1) is 0 Å². The van der Waals surface area contributed by atoms with E-state index in [4.69, 9.17) is 15.0 Å². The first-order valence-electron chi connectivity index (χ1n) is 4.80. The molecule has 0 radical (unpaired) electrons. The van der Waals surface area contributed by atoms with Crippen LogP contribution >= 0.6 is 0 Å². The first-order chi connectivity index (χ1) is 6.88. The SMILES string of the molecule is CCOC(=O)c1c(N)noc1C(C)(C)C. The number of nitrogens with two attached hydrogens (primary N) is 1. The van der Waals surface area contributed by atoms with E-state index in [1.165, 1.54) is 0 Å². The standard InChI is InChI=1S/C10H16N2O3/c1-5-14-9(13)6-7(10(2,3)4)15-12-8(6)11/h5H2,1-4H3,(H2,11,12). The van der Waals surface area contributed by atoms with Crippen LogP contribution in [0.5, 0.6) is 0 Å². The maximum absolute atomic E-state index is 11.6. The fourth-order valence-electron chi connectivity index (χ4n) is 1.21. The average Bonchev–Trinajstić information content (AvgIpc) is 2.46. The number of nitrogens with zero attached hydrogens (tertiary/aromatic N) is 1. The van der Waals surface area contributed by atoms with Crippen molar-refractivity contribution in [2.24, 2.45) is 0 Å². The van der Waals surface area contributed by atoms with E-state index in [9.17, 15) is 4.79 Å². The number of hydrogen-bond donors (Lipinski definition) is 1. The molecule has 5 heteroatoms. The molecule has 1 aromatic heterocycles. The lowest BCUT2D eigenvalue weighted by atomic mass is 9.90. The minimum Gasteiger partial charge on any atom is -0.462 e. The van der Waals surface area contributed by atoms with Crippen LogP contribution in [0.1, 0.15) is 43.8 Å². The maximum Gasteiger partial charge on any atom is 0.345 e. The van der Waals surface area contributed by atoms with Crippen LogP contribution < -0.4 is 5.73 Å². The van der Waals surface area contributed by atoms with Gasteiger partial charge in [-0.05, 0) is 6.92 Å². The third-order valence-corrected chi connectivity index (χ3v) is 1.88. The Balaban J connectivity index is 3.16. The van der Waals surface area contributed by atoms with Gasteiger partial charge in [-0.1, -0.05) is 25.9 Å². The number of hydrogen-bond acceptors (Lipinski definition) is 5. The molecule has 0 aliphatic rings. The van der Waals surface area contributed by atoms with E-state index in [0.717, 1.165) is 0 Å². The summed E-state index contributed by atoms with van der Waals surface area (Å²) in [6, 6.07) is 0. The number of ether oxygens (including phenoxy) is 1. The minimum atomic E-state index is -0.485. The van der Waals surface area contributed by atoms with E-state index in [1.54, 1.807) is 6.92 Å². The van der Waals surface area contributed by atoms with Crippen molar-refractivity contribution in [1.29, 1.82) is 0 Å². The first-order valence-corrected chi connectivity index (χ1v) is 4.80. The highest BCUT2D eigenvalue weighted by Crippen LogP contribution is 2.29. The number of rotatable bonds is 2. The van der Waals surface area contributed by atoms with Crippen molar-refractivity contribution in [2.75, 3.05) is 12.3 Å². The Labute approximate surface area is 88.6 Å². The van der Waals surface area contributed by atoms with Crippen LogP contribution in [0, 0.1) is 0 Å². The van der Waals surface area contributed by atoms with Gasteiger partial charge in [-0.2, -0.15) is 0 Å². The molecule has 1 aromatic rings. The molecule has 0 bridgehead atoms. The highest BCUT2D eigenvalue weighted by Gasteiger charge is 2.30. The molecule has 15 heavy (non-hydrogen) atoms. The third-order valence-electron chi connectivity index (χ3n) is 1.88. The third kappa shape index (κ3) is 2.29. The van der Waals surface area contributed by atoms with Crippen molar-refractivity contribution in [3.63, 3.8) is 0 Å². The lowest BCUT2D eigenvalue weighted by Gasteiger charge is -2.15. The van der Waals surface area contributed by atoms with Gasteiger partial charge in [0.2, 0.25) is 0 Å². The van der Waals surface area contributed by atoms with Crippen LogP contribution in [0.2, 0.25) is 0 Å². The van der Waals surface area contributed by atoms with E-state index < -0.39 is 5.97 Å². The largest absolute Gasteiger partial charge is 0.462 e. The topological polar surface area (TPSA) is 78.4 Å². The summed E-state index contributed by atoms with van der Waals surface area (Å²) in [6.07, 6.45) is 0. The van der Waals surface area contributed by atoms with Gasteiger partial charge < -0.3 is 15.0 Å². The molecule has 0 amide bonds. The van der Waals surface area contributed by atoms with Crippen LogP contribution in [0.15, 0.2) is 4.52 Å². The van der Waals surface area contributed by atoms with E-state index in [-0.39, 0.29) is 16.8 Å². The van der Waals surface area contributed by atoms with Crippen molar-refractivity contribution in [1.82, 2.24) is 5.16 Å². The summed E-state index contributed by atoms with van der Waals surface area (Å²) in [4.78, 5) is 11.6. The molecule has 0 fully saturated rings. The molecule has 5 nitrogen and oxygen atoms in total. The Morgan fingerprint density at radius 1 is 1.53 bits per heavy atom. The molecule has 0 saturated heterocycles. The van der Waals surface area contributed by atoms with E-state index in [2.05, 4.69) is 5.16 Å². The van der Waals surface area contributed by atoms with Gasteiger partial charge in [-0.3, -0.25) is 0 Å². The second-order valence-electron chi connectivity index (χ2n) is 4.24. The van der Waals surface area contributed by atoms with Crippen molar-refractivity contribution < 1.29 is 14.1 Å². The van der Waals surface area contributed by atoms with E-state index in [1.807, 2.05) is 20.8 Å². The summed E-state index contributed by atoms with van der Waals surface area (Å²) in [6.45, 7) is 7.77. The lowest BCUT2D eigenvalue weighted by Crippen LogP contribution is -2.17. The number of nitrogen functional groups attached to an aromatic ring is 1. The van der Waals surface area contributed by atoms with Gasteiger partial charge in [0.25, 0.3) is 0 Å². The Kier molecular flexibility index (Phi) is 3.02. The zero-order chi connectivity index (χ0) is 11.6. The molecule has 2 N–H and O–H groups in total. The molecule has 0 aliphatic heterocycles. The molecule has 0 aliphatic carbocycles. The van der Waals surface area contributed by atoms with Gasteiger partial charge in [0.1, 0.15) is 5.56 Å². The fraction of sp³-hybridized carbons (Fsp3) is 0.600. The number of anilines is 1. The average molecular weight is 212 g/mol. The lowest BCUT2D eigenvalue weighted by molar-refractivity contribution is 0.0522. The molecular weight excluding hydrogens is 196 g/mol. The summed E-state index contributed by atoms with van der Waals surface area (Å²) in [5, 5.41) is 3.59. The van der Waals surface area contributed by atoms with Crippen LogP contribution in [-0.2, 0) is 10.2 Å². The molecular formula is C10H16N2O3. The Hall–Kier alpha value is -1.52. The van der Waals surface area contributed by atoms with Crippen LogP contribution in [0.4, 0.5) is 5.82 Å². The fourth-order valence-corrected chi connectivity index (χ4v) is 1.21. The maximum atomic E-state index is 11.6. The normalized spacial score (nSPS) is 11.5. The van der Waals surface area contributed by atoms with Gasteiger partial charge in [-0.25, -0.2) is 4.79 Å². The Bertz CT molecular complexity index is 363. The first kappa shape index (κ1) is 11.6.